The van der Waals surface area contributed by atoms with Gasteiger partial charge in [0, 0.05) is 0 Å². The van der Waals surface area contributed by atoms with Crippen LogP contribution in [-0.2, 0) is 0 Å². The van der Waals surface area contributed by atoms with Gasteiger partial charge in [-0.2, -0.15) is 0 Å². The van der Waals surface area contributed by atoms with Gasteiger partial charge in [0.15, 0.2) is 0 Å². The molecule has 0 aliphatic carbocycles. The normalized spacial score (nSPS) is 25.4. The molecule has 30 heavy (non-hydrogen) atoms. The molecule has 8 nitrogen and oxygen atoms in total. The molecule has 0 saturated carbocycles. The summed E-state index contributed by atoms with van der Waals surface area (Å²) in [4.78, 5) is 30.3. The van der Waals surface area contributed by atoms with Gasteiger partial charge in [-0.1, -0.05) is 0 Å². The zero-order valence-electron chi connectivity index (χ0n) is 16.1. The van der Waals surface area contributed by atoms with Crippen LogP contribution in [0.4, 0.5) is 8.78 Å². The molecule has 4 fully saturated rings. The van der Waals surface area contributed by atoms with Gasteiger partial charge in [0.25, 0.3) is 0 Å². The van der Waals surface area contributed by atoms with E-state index >= 15 is 0 Å². The van der Waals surface area contributed by atoms with Gasteiger partial charge in [0.1, 0.15) is 11.6 Å². The first-order chi connectivity index (χ1) is 14.3. The van der Waals surface area contributed by atoms with Crippen LogP contribution < -0.4 is 0 Å². The number of carboxylic acid groups (broad SMARTS) is 2. The molecule has 0 radical (unpaired) electrons. The minimum Gasteiger partial charge on any atom is -0.478 e. The standard InChI is InChI=1S/2C7H5FO2.C6H12N4/c2*8-6-3-1-5(2-4-6)7(9)10;1-7-2-9-4-8(1)5-10(3-7)6-9/h2*1-4H,(H,9,10);1-6H2. The summed E-state index contributed by atoms with van der Waals surface area (Å²) < 4.78 is 24.3. The average molecular weight is 420 g/mol. The number of hydrogen-bond acceptors (Lipinski definition) is 6. The van der Waals surface area contributed by atoms with Gasteiger partial charge in [0.05, 0.1) is 51.1 Å². The monoisotopic (exact) mass is 420 g/mol. The molecule has 4 heterocycles. The number of halogens is 2. The van der Waals surface area contributed by atoms with Crippen LogP contribution in [0.25, 0.3) is 0 Å². The molecule has 2 aromatic carbocycles. The summed E-state index contributed by atoms with van der Waals surface area (Å²) in [5, 5.41) is 16.7. The van der Waals surface area contributed by atoms with E-state index in [0.717, 1.165) is 24.3 Å². The van der Waals surface area contributed by atoms with E-state index in [1.165, 1.54) is 64.3 Å². The quantitative estimate of drug-likeness (QED) is 0.763. The first kappa shape index (κ1) is 21.8. The highest BCUT2D eigenvalue weighted by molar-refractivity contribution is 5.87. The van der Waals surface area contributed by atoms with Crippen molar-refractivity contribution in [2.24, 2.45) is 0 Å². The SMILES string of the molecule is C1N2CN3CN1CN(C2)C3.O=C(O)c1ccc(F)cc1.O=C(O)c1ccc(F)cc1. The third-order valence-electron chi connectivity index (χ3n) is 4.58. The van der Waals surface area contributed by atoms with E-state index in [1.807, 2.05) is 0 Å². The summed E-state index contributed by atoms with van der Waals surface area (Å²) in [5.74, 6) is -2.94. The van der Waals surface area contributed by atoms with Gasteiger partial charge >= 0.3 is 11.9 Å². The maximum Gasteiger partial charge on any atom is 0.335 e. The second-order valence-corrected chi connectivity index (χ2v) is 7.16. The number of nitrogens with zero attached hydrogens (tertiary/aromatic N) is 4. The topological polar surface area (TPSA) is 87.6 Å². The summed E-state index contributed by atoms with van der Waals surface area (Å²) in [5.41, 5.74) is 0.197. The molecule has 2 N–H and O–H groups in total. The minimum absolute atomic E-state index is 0.0985. The Bertz CT molecular complexity index is 765. The lowest BCUT2D eigenvalue weighted by Gasteiger charge is -2.56. The van der Waals surface area contributed by atoms with Crippen molar-refractivity contribution in [3.8, 4) is 0 Å². The Balaban J connectivity index is 0.000000128. The van der Waals surface area contributed by atoms with Gasteiger partial charge in [-0.05, 0) is 48.5 Å². The summed E-state index contributed by atoms with van der Waals surface area (Å²) in [6.45, 7) is 7.12. The third kappa shape index (κ3) is 6.04. The fourth-order valence-electron chi connectivity index (χ4n) is 3.42. The summed E-state index contributed by atoms with van der Waals surface area (Å²) in [7, 11) is 0. The Hall–Kier alpha value is -2.92. The van der Waals surface area contributed by atoms with Crippen LogP contribution >= 0.6 is 0 Å². The van der Waals surface area contributed by atoms with Crippen LogP contribution in [0.15, 0.2) is 48.5 Å². The molecule has 4 aliphatic rings. The number of carboxylic acids is 2. The molecule has 0 spiro atoms. The molecule has 4 aliphatic heterocycles. The number of hydrogen-bond donors (Lipinski definition) is 2. The molecule has 0 aromatic heterocycles. The Morgan fingerprint density at radius 2 is 0.800 bits per heavy atom. The number of benzene rings is 2. The van der Waals surface area contributed by atoms with Gasteiger partial charge in [0.2, 0.25) is 0 Å². The van der Waals surface area contributed by atoms with Crippen LogP contribution in [0.3, 0.4) is 0 Å². The number of rotatable bonds is 2. The van der Waals surface area contributed by atoms with Crippen molar-refractivity contribution in [1.82, 2.24) is 19.6 Å². The van der Waals surface area contributed by atoms with Gasteiger partial charge in [-0.15, -0.1) is 0 Å². The lowest BCUT2D eigenvalue weighted by molar-refractivity contribution is -0.194. The smallest absolute Gasteiger partial charge is 0.335 e. The van der Waals surface area contributed by atoms with Gasteiger partial charge < -0.3 is 10.2 Å². The van der Waals surface area contributed by atoms with Crippen molar-refractivity contribution >= 4 is 11.9 Å². The number of aromatic carboxylic acids is 2. The van der Waals surface area contributed by atoms with Crippen molar-refractivity contribution in [2.75, 3.05) is 40.0 Å². The van der Waals surface area contributed by atoms with Crippen LogP contribution in [0.2, 0.25) is 0 Å². The Labute approximate surface area is 172 Å². The maximum atomic E-state index is 12.2. The van der Waals surface area contributed by atoms with Crippen LogP contribution in [-0.4, -0.2) is 81.8 Å². The van der Waals surface area contributed by atoms with Crippen molar-refractivity contribution in [3.05, 3.63) is 71.3 Å². The van der Waals surface area contributed by atoms with Crippen LogP contribution in [0, 0.1) is 11.6 Å². The zero-order valence-corrected chi connectivity index (χ0v) is 16.1. The minimum atomic E-state index is -1.04. The highest BCUT2D eigenvalue weighted by atomic mass is 19.1. The Kier molecular flexibility index (Phi) is 7.06. The van der Waals surface area contributed by atoms with Crippen molar-refractivity contribution in [1.29, 1.82) is 0 Å². The molecule has 0 unspecified atom stereocenters. The molecule has 0 amide bonds. The highest BCUT2D eigenvalue weighted by Gasteiger charge is 2.36. The molecule has 6 rings (SSSR count). The van der Waals surface area contributed by atoms with E-state index in [-0.39, 0.29) is 11.1 Å². The fourth-order valence-corrected chi connectivity index (χ4v) is 3.42. The average Bonchev–Trinajstić information content (AvgIpc) is 2.69. The predicted molar refractivity (Wildman–Crippen MR) is 103 cm³/mol. The second kappa shape index (κ2) is 9.72. The van der Waals surface area contributed by atoms with Crippen LogP contribution in [0.1, 0.15) is 20.7 Å². The van der Waals surface area contributed by atoms with Gasteiger partial charge in [-0.3, -0.25) is 19.6 Å². The Morgan fingerprint density at radius 1 is 0.567 bits per heavy atom. The first-order valence-corrected chi connectivity index (χ1v) is 9.17. The van der Waals surface area contributed by atoms with Gasteiger partial charge in [-0.25, -0.2) is 18.4 Å². The molecular formula is C20H22F2N4O4. The Morgan fingerprint density at radius 3 is 1.00 bits per heavy atom. The fraction of sp³-hybridized carbons (Fsp3) is 0.300. The van der Waals surface area contributed by atoms with E-state index in [1.54, 1.807) is 0 Å². The summed E-state index contributed by atoms with van der Waals surface area (Å²) in [6, 6.07) is 9.34. The molecule has 0 atom stereocenters. The third-order valence-corrected chi connectivity index (χ3v) is 4.58. The summed E-state index contributed by atoms with van der Waals surface area (Å²) >= 11 is 0. The van der Waals surface area contributed by atoms with E-state index in [4.69, 9.17) is 10.2 Å². The zero-order chi connectivity index (χ0) is 21.7. The van der Waals surface area contributed by atoms with Crippen molar-refractivity contribution < 1.29 is 28.6 Å². The summed E-state index contributed by atoms with van der Waals surface area (Å²) in [6.07, 6.45) is 0. The molecule has 2 aromatic rings. The molecule has 160 valence electrons. The lowest BCUT2D eigenvalue weighted by Crippen LogP contribution is -2.71. The van der Waals surface area contributed by atoms with Crippen molar-refractivity contribution in [3.63, 3.8) is 0 Å². The number of carbonyl (C=O) groups is 2. The second-order valence-electron chi connectivity index (χ2n) is 7.16. The molecule has 10 heteroatoms. The first-order valence-electron chi connectivity index (χ1n) is 9.17. The van der Waals surface area contributed by atoms with E-state index in [0.29, 0.717) is 0 Å². The largest absolute Gasteiger partial charge is 0.478 e. The lowest BCUT2D eigenvalue weighted by atomic mass is 10.2. The van der Waals surface area contributed by atoms with E-state index in [9.17, 15) is 18.4 Å². The maximum absolute atomic E-state index is 12.2. The molecule has 4 saturated heterocycles. The molecular weight excluding hydrogens is 398 g/mol. The predicted octanol–water partition coefficient (Wildman–Crippen LogP) is 2.03. The highest BCUT2D eigenvalue weighted by Crippen LogP contribution is 2.20. The van der Waals surface area contributed by atoms with Crippen LogP contribution in [0.5, 0.6) is 0 Å². The van der Waals surface area contributed by atoms with E-state index in [2.05, 4.69) is 19.6 Å². The van der Waals surface area contributed by atoms with E-state index < -0.39 is 23.6 Å². The van der Waals surface area contributed by atoms with Crippen molar-refractivity contribution in [2.45, 2.75) is 0 Å². The molecule has 4 bridgehead atoms.